The van der Waals surface area contributed by atoms with Gasteiger partial charge in [-0.25, -0.2) is 0 Å². The Balaban J connectivity index is 2.27. The van der Waals surface area contributed by atoms with Crippen molar-refractivity contribution in [3.05, 3.63) is 35.4 Å². The van der Waals surface area contributed by atoms with Crippen LogP contribution >= 0.6 is 0 Å². The third-order valence-electron chi connectivity index (χ3n) is 3.80. The molecule has 2 rings (SSSR count). The van der Waals surface area contributed by atoms with Crippen molar-refractivity contribution in [2.75, 3.05) is 6.54 Å². The second-order valence-electron chi connectivity index (χ2n) is 5.22. The molecular weight excluding hydrogens is 222 g/mol. The minimum absolute atomic E-state index is 0.292. The standard InChI is InChI=1S/C16H23NO/c1-3-16(18)17-11-6-4-5-10-15(17)14-9-7-8-13(2)12-14/h7-9,12,15H,3-6,10-11H2,1-2H3. The lowest BCUT2D eigenvalue weighted by atomic mass is 9.99. The highest BCUT2D eigenvalue weighted by molar-refractivity contribution is 5.76. The Morgan fingerprint density at radius 3 is 2.89 bits per heavy atom. The van der Waals surface area contributed by atoms with Crippen LogP contribution in [-0.4, -0.2) is 17.4 Å². The average Bonchev–Trinajstić information content (AvgIpc) is 2.63. The summed E-state index contributed by atoms with van der Waals surface area (Å²) in [4.78, 5) is 14.2. The number of carbonyl (C=O) groups excluding carboxylic acids is 1. The van der Waals surface area contributed by atoms with Gasteiger partial charge in [0.05, 0.1) is 6.04 Å². The van der Waals surface area contributed by atoms with Gasteiger partial charge < -0.3 is 4.90 Å². The predicted octanol–water partition coefficient (Wildman–Crippen LogP) is 3.85. The molecule has 18 heavy (non-hydrogen) atoms. The third-order valence-corrected chi connectivity index (χ3v) is 3.80. The lowest BCUT2D eigenvalue weighted by Crippen LogP contribution is -2.34. The van der Waals surface area contributed by atoms with Crippen LogP contribution in [0.1, 0.15) is 56.2 Å². The zero-order valence-electron chi connectivity index (χ0n) is 11.5. The van der Waals surface area contributed by atoms with Crippen molar-refractivity contribution in [2.45, 2.75) is 52.0 Å². The van der Waals surface area contributed by atoms with E-state index in [9.17, 15) is 4.79 Å². The molecule has 1 saturated heterocycles. The minimum Gasteiger partial charge on any atom is -0.336 e. The van der Waals surface area contributed by atoms with E-state index in [4.69, 9.17) is 0 Å². The Labute approximate surface area is 110 Å². The summed E-state index contributed by atoms with van der Waals surface area (Å²) in [5.74, 6) is 0.295. The van der Waals surface area contributed by atoms with Crippen LogP contribution in [0.5, 0.6) is 0 Å². The first kappa shape index (κ1) is 13.1. The number of hydrogen-bond acceptors (Lipinski definition) is 1. The van der Waals surface area contributed by atoms with Crippen molar-refractivity contribution in [3.8, 4) is 0 Å². The zero-order chi connectivity index (χ0) is 13.0. The molecule has 1 unspecified atom stereocenters. The van der Waals surface area contributed by atoms with Gasteiger partial charge in [-0.15, -0.1) is 0 Å². The molecule has 1 fully saturated rings. The van der Waals surface area contributed by atoms with Crippen LogP contribution in [-0.2, 0) is 4.79 Å². The highest BCUT2D eigenvalue weighted by Gasteiger charge is 2.25. The summed E-state index contributed by atoms with van der Waals surface area (Å²) in [5, 5.41) is 0. The van der Waals surface area contributed by atoms with E-state index in [2.05, 4.69) is 36.1 Å². The van der Waals surface area contributed by atoms with Crippen LogP contribution in [0.25, 0.3) is 0 Å². The summed E-state index contributed by atoms with van der Waals surface area (Å²) in [6.07, 6.45) is 5.34. The molecule has 0 aromatic heterocycles. The number of amides is 1. The fraction of sp³-hybridized carbons (Fsp3) is 0.562. The Bertz CT molecular complexity index is 413. The van der Waals surface area contributed by atoms with Gasteiger partial charge in [-0.3, -0.25) is 4.79 Å². The molecule has 1 aliphatic heterocycles. The van der Waals surface area contributed by atoms with Crippen molar-refractivity contribution in [2.24, 2.45) is 0 Å². The maximum absolute atomic E-state index is 12.1. The first-order valence-electron chi connectivity index (χ1n) is 7.08. The summed E-state index contributed by atoms with van der Waals surface area (Å²) in [6.45, 7) is 5.00. The first-order valence-corrected chi connectivity index (χ1v) is 7.08. The molecule has 2 heteroatoms. The predicted molar refractivity (Wildman–Crippen MR) is 74.4 cm³/mol. The van der Waals surface area contributed by atoms with Crippen LogP contribution in [0.4, 0.5) is 0 Å². The Hall–Kier alpha value is -1.31. The number of nitrogens with zero attached hydrogens (tertiary/aromatic N) is 1. The monoisotopic (exact) mass is 245 g/mol. The van der Waals surface area contributed by atoms with E-state index in [0.29, 0.717) is 18.4 Å². The maximum Gasteiger partial charge on any atom is 0.222 e. The minimum atomic E-state index is 0.292. The average molecular weight is 245 g/mol. The van der Waals surface area contributed by atoms with Gasteiger partial charge in [0.15, 0.2) is 0 Å². The van der Waals surface area contributed by atoms with E-state index in [1.165, 1.54) is 24.0 Å². The van der Waals surface area contributed by atoms with Crippen molar-refractivity contribution >= 4 is 5.91 Å². The topological polar surface area (TPSA) is 20.3 Å². The van der Waals surface area contributed by atoms with Crippen molar-refractivity contribution in [1.29, 1.82) is 0 Å². The van der Waals surface area contributed by atoms with Crippen LogP contribution in [0.3, 0.4) is 0 Å². The van der Waals surface area contributed by atoms with Crippen molar-refractivity contribution in [1.82, 2.24) is 4.90 Å². The van der Waals surface area contributed by atoms with Gasteiger partial charge in [0.2, 0.25) is 5.91 Å². The van der Waals surface area contributed by atoms with E-state index >= 15 is 0 Å². The van der Waals surface area contributed by atoms with E-state index in [-0.39, 0.29) is 0 Å². The molecule has 1 heterocycles. The summed E-state index contributed by atoms with van der Waals surface area (Å²) in [5.41, 5.74) is 2.58. The Kier molecular flexibility index (Phi) is 4.40. The molecule has 1 amide bonds. The summed E-state index contributed by atoms with van der Waals surface area (Å²) in [7, 11) is 0. The molecule has 0 bridgehead atoms. The summed E-state index contributed by atoms with van der Waals surface area (Å²) >= 11 is 0. The fourth-order valence-corrected chi connectivity index (χ4v) is 2.83. The molecule has 0 saturated carbocycles. The molecule has 1 atom stereocenters. The Morgan fingerprint density at radius 1 is 1.33 bits per heavy atom. The molecule has 0 aliphatic carbocycles. The highest BCUT2D eigenvalue weighted by Crippen LogP contribution is 2.30. The number of likely N-dealkylation sites (tertiary alicyclic amines) is 1. The van der Waals surface area contributed by atoms with Gasteiger partial charge in [0.25, 0.3) is 0 Å². The van der Waals surface area contributed by atoms with Crippen LogP contribution in [0, 0.1) is 6.92 Å². The smallest absolute Gasteiger partial charge is 0.222 e. The maximum atomic E-state index is 12.1. The van der Waals surface area contributed by atoms with E-state index in [0.717, 1.165) is 19.4 Å². The second kappa shape index (κ2) is 6.03. The van der Waals surface area contributed by atoms with Gasteiger partial charge >= 0.3 is 0 Å². The molecular formula is C16H23NO. The number of carbonyl (C=O) groups is 1. The summed E-state index contributed by atoms with van der Waals surface area (Å²) < 4.78 is 0. The quantitative estimate of drug-likeness (QED) is 0.775. The summed E-state index contributed by atoms with van der Waals surface area (Å²) in [6, 6.07) is 8.90. The molecule has 0 radical (unpaired) electrons. The van der Waals surface area contributed by atoms with Gasteiger partial charge in [-0.2, -0.15) is 0 Å². The second-order valence-corrected chi connectivity index (χ2v) is 5.22. The normalized spacial score (nSPS) is 20.6. The number of rotatable bonds is 2. The Morgan fingerprint density at radius 2 is 2.17 bits per heavy atom. The number of aryl methyl sites for hydroxylation is 1. The zero-order valence-corrected chi connectivity index (χ0v) is 11.5. The van der Waals surface area contributed by atoms with Crippen molar-refractivity contribution < 1.29 is 4.79 Å². The molecule has 1 aromatic carbocycles. The molecule has 1 aliphatic rings. The lowest BCUT2D eigenvalue weighted by Gasteiger charge is -2.30. The van der Waals surface area contributed by atoms with Crippen LogP contribution in [0.15, 0.2) is 24.3 Å². The van der Waals surface area contributed by atoms with Gasteiger partial charge in [-0.05, 0) is 25.3 Å². The van der Waals surface area contributed by atoms with Gasteiger partial charge in [0, 0.05) is 13.0 Å². The molecule has 0 spiro atoms. The third kappa shape index (κ3) is 2.92. The number of benzene rings is 1. The SMILES string of the molecule is CCC(=O)N1CCCCCC1c1cccc(C)c1. The highest BCUT2D eigenvalue weighted by atomic mass is 16.2. The van der Waals surface area contributed by atoms with Crippen molar-refractivity contribution in [3.63, 3.8) is 0 Å². The molecule has 98 valence electrons. The molecule has 0 N–H and O–H groups in total. The first-order chi connectivity index (χ1) is 8.72. The molecule has 1 aromatic rings. The van der Waals surface area contributed by atoms with Crippen LogP contribution in [0.2, 0.25) is 0 Å². The fourth-order valence-electron chi connectivity index (χ4n) is 2.83. The van der Waals surface area contributed by atoms with E-state index < -0.39 is 0 Å². The lowest BCUT2D eigenvalue weighted by molar-refractivity contribution is -0.133. The number of hydrogen-bond donors (Lipinski definition) is 0. The van der Waals surface area contributed by atoms with E-state index in [1.807, 2.05) is 6.92 Å². The van der Waals surface area contributed by atoms with E-state index in [1.54, 1.807) is 0 Å². The van der Waals surface area contributed by atoms with Crippen LogP contribution < -0.4 is 0 Å². The molecule has 2 nitrogen and oxygen atoms in total. The van der Waals surface area contributed by atoms with Gasteiger partial charge in [-0.1, -0.05) is 49.6 Å². The largest absolute Gasteiger partial charge is 0.336 e. The van der Waals surface area contributed by atoms with Gasteiger partial charge in [0.1, 0.15) is 0 Å².